The molecule has 1 aromatic carbocycles. The van der Waals surface area contributed by atoms with Gasteiger partial charge in [-0.05, 0) is 16.3 Å². The fourth-order valence-corrected chi connectivity index (χ4v) is 2.86. The second-order valence-corrected chi connectivity index (χ2v) is 6.20. The molecule has 1 amide bonds. The van der Waals surface area contributed by atoms with E-state index >= 15 is 0 Å². The summed E-state index contributed by atoms with van der Waals surface area (Å²) in [5.74, 6) is 0.861. The van der Waals surface area contributed by atoms with Gasteiger partial charge < -0.3 is 24.5 Å². The number of carbonyl (C=O) groups excluding carboxylic acids is 1. The molecule has 1 saturated heterocycles. The Bertz CT molecular complexity index is 716. The number of hydrogen-bond donors (Lipinski definition) is 2. The Morgan fingerprint density at radius 1 is 1.24 bits per heavy atom. The van der Waals surface area contributed by atoms with Crippen molar-refractivity contribution in [3.8, 4) is 0 Å². The van der Waals surface area contributed by atoms with Crippen molar-refractivity contribution in [2.24, 2.45) is 0 Å². The number of amides is 1. The maximum absolute atomic E-state index is 12.6. The van der Waals surface area contributed by atoms with Crippen LogP contribution in [0.1, 0.15) is 17.0 Å². The summed E-state index contributed by atoms with van der Waals surface area (Å²) in [6.07, 6.45) is -0.415. The minimum absolute atomic E-state index is 0.0159. The van der Waals surface area contributed by atoms with Crippen molar-refractivity contribution < 1.29 is 19.5 Å². The van der Waals surface area contributed by atoms with E-state index in [1.165, 1.54) is 0 Å². The van der Waals surface area contributed by atoms with E-state index < -0.39 is 6.10 Å². The van der Waals surface area contributed by atoms with Gasteiger partial charge in [0.25, 0.3) is 5.95 Å². The largest absolute Gasteiger partial charge is 0.392 e. The van der Waals surface area contributed by atoms with Crippen molar-refractivity contribution in [1.29, 1.82) is 0 Å². The fraction of sp³-hybridized carbons (Fsp3) is 0.471. The first-order valence-corrected chi connectivity index (χ1v) is 8.25. The number of hydrogen-bond acceptors (Lipinski definition) is 7. The van der Waals surface area contributed by atoms with E-state index in [9.17, 15) is 9.90 Å². The van der Waals surface area contributed by atoms with Crippen molar-refractivity contribution in [2.75, 3.05) is 31.1 Å². The number of rotatable bonds is 4. The van der Waals surface area contributed by atoms with Gasteiger partial charge in [-0.25, -0.2) is 0 Å². The topological polar surface area (TPSA) is 103 Å². The summed E-state index contributed by atoms with van der Waals surface area (Å²) in [6, 6.07) is 7.29. The molecule has 25 heavy (non-hydrogen) atoms. The summed E-state index contributed by atoms with van der Waals surface area (Å²) in [6.45, 7) is 3.35. The average molecular weight is 346 g/mol. The van der Waals surface area contributed by atoms with Crippen LogP contribution in [0.2, 0.25) is 0 Å². The minimum Gasteiger partial charge on any atom is -0.392 e. The molecular weight excluding hydrogens is 324 g/mol. The van der Waals surface area contributed by atoms with E-state index in [-0.39, 0.29) is 25.5 Å². The van der Waals surface area contributed by atoms with E-state index in [4.69, 9.17) is 9.63 Å². The molecule has 1 aliphatic heterocycles. The third-order valence-corrected chi connectivity index (χ3v) is 4.22. The first-order chi connectivity index (χ1) is 12.0. The lowest BCUT2D eigenvalue weighted by atomic mass is 10.1. The van der Waals surface area contributed by atoms with Crippen molar-refractivity contribution >= 4 is 11.9 Å². The molecule has 0 saturated carbocycles. The Hall–Kier alpha value is -2.45. The number of aryl methyl sites for hydroxylation is 1. The van der Waals surface area contributed by atoms with Gasteiger partial charge in [-0.2, -0.15) is 4.98 Å². The summed E-state index contributed by atoms with van der Waals surface area (Å²) in [5.41, 5.74) is 1.69. The highest BCUT2D eigenvalue weighted by atomic mass is 16.5. The number of nitrogens with zero attached hydrogens (tertiary/aromatic N) is 4. The number of aliphatic hydroxyl groups excluding tert-OH is 2. The Morgan fingerprint density at radius 3 is 2.60 bits per heavy atom. The molecule has 1 aliphatic rings. The minimum atomic E-state index is -0.679. The standard InChI is InChI=1S/C17H22N4O4/c1-12-18-17(19-25-12)21-7-6-20(9-15(23)10-21)16(24)8-13-2-4-14(11-22)5-3-13/h2-5,15,22-23H,6-11H2,1H3. The third kappa shape index (κ3) is 4.34. The molecule has 8 nitrogen and oxygen atoms in total. The van der Waals surface area contributed by atoms with Crippen LogP contribution in [0.5, 0.6) is 0 Å². The number of aromatic nitrogens is 2. The molecule has 134 valence electrons. The molecule has 0 spiro atoms. The summed E-state index contributed by atoms with van der Waals surface area (Å²) in [4.78, 5) is 20.2. The van der Waals surface area contributed by atoms with Crippen molar-refractivity contribution in [1.82, 2.24) is 15.0 Å². The van der Waals surface area contributed by atoms with Gasteiger partial charge in [0.2, 0.25) is 11.8 Å². The van der Waals surface area contributed by atoms with Gasteiger partial charge in [-0.15, -0.1) is 0 Å². The highest BCUT2D eigenvalue weighted by Gasteiger charge is 2.26. The lowest BCUT2D eigenvalue weighted by molar-refractivity contribution is -0.131. The summed E-state index contributed by atoms with van der Waals surface area (Å²) in [7, 11) is 0. The molecule has 1 fully saturated rings. The first kappa shape index (κ1) is 17.4. The molecule has 8 heteroatoms. The van der Waals surface area contributed by atoms with Gasteiger partial charge in [0.15, 0.2) is 0 Å². The van der Waals surface area contributed by atoms with E-state index in [0.29, 0.717) is 31.5 Å². The molecule has 0 aliphatic carbocycles. The maximum atomic E-state index is 12.6. The zero-order valence-corrected chi connectivity index (χ0v) is 14.1. The van der Waals surface area contributed by atoms with Crippen molar-refractivity contribution in [2.45, 2.75) is 26.1 Å². The van der Waals surface area contributed by atoms with Crippen LogP contribution in [0.15, 0.2) is 28.8 Å². The smallest absolute Gasteiger partial charge is 0.266 e. The van der Waals surface area contributed by atoms with E-state index in [1.807, 2.05) is 17.0 Å². The third-order valence-electron chi connectivity index (χ3n) is 4.22. The van der Waals surface area contributed by atoms with Crippen molar-refractivity contribution in [3.63, 3.8) is 0 Å². The highest BCUT2D eigenvalue weighted by Crippen LogP contribution is 2.14. The van der Waals surface area contributed by atoms with Crippen LogP contribution in [-0.2, 0) is 17.8 Å². The monoisotopic (exact) mass is 346 g/mol. The van der Waals surface area contributed by atoms with E-state index in [1.54, 1.807) is 24.0 Å². The maximum Gasteiger partial charge on any atom is 0.266 e. The molecule has 2 aromatic rings. The molecule has 0 radical (unpaired) electrons. The predicted octanol–water partition coefficient (Wildman–Crippen LogP) is 0.123. The average Bonchev–Trinajstić information content (AvgIpc) is 2.93. The van der Waals surface area contributed by atoms with Crippen LogP contribution in [0.4, 0.5) is 5.95 Å². The first-order valence-electron chi connectivity index (χ1n) is 8.25. The zero-order valence-electron chi connectivity index (χ0n) is 14.1. The Morgan fingerprint density at radius 2 is 1.96 bits per heavy atom. The van der Waals surface area contributed by atoms with Gasteiger partial charge in [0.05, 0.1) is 19.1 Å². The molecule has 1 atom stereocenters. The molecule has 3 rings (SSSR count). The molecular formula is C17H22N4O4. The molecule has 2 heterocycles. The quantitative estimate of drug-likeness (QED) is 0.811. The number of anilines is 1. The van der Waals surface area contributed by atoms with Gasteiger partial charge >= 0.3 is 0 Å². The van der Waals surface area contributed by atoms with Crippen LogP contribution in [0.3, 0.4) is 0 Å². The Labute approximate surface area is 145 Å². The molecule has 0 bridgehead atoms. The van der Waals surface area contributed by atoms with Gasteiger partial charge in [0.1, 0.15) is 0 Å². The summed E-state index contributed by atoms with van der Waals surface area (Å²) < 4.78 is 4.98. The van der Waals surface area contributed by atoms with Crippen LogP contribution in [0, 0.1) is 6.92 Å². The van der Waals surface area contributed by atoms with Crippen molar-refractivity contribution in [3.05, 3.63) is 41.3 Å². The SMILES string of the molecule is Cc1nc(N2CCN(C(=O)Cc3ccc(CO)cc3)CC(O)C2)no1. The van der Waals surface area contributed by atoms with Gasteiger partial charge in [-0.1, -0.05) is 24.3 Å². The number of β-amino-alcohol motifs (C(OH)–C–C–N with tert-alkyl or cyclic N) is 1. The summed E-state index contributed by atoms with van der Waals surface area (Å²) >= 11 is 0. The lowest BCUT2D eigenvalue weighted by Gasteiger charge is -2.21. The van der Waals surface area contributed by atoms with Gasteiger partial charge in [-0.3, -0.25) is 4.79 Å². The second kappa shape index (κ2) is 7.62. The zero-order chi connectivity index (χ0) is 17.8. The Balaban J connectivity index is 1.62. The van der Waals surface area contributed by atoms with E-state index in [0.717, 1.165) is 11.1 Å². The number of carbonyl (C=O) groups is 1. The molecule has 1 aromatic heterocycles. The van der Waals surface area contributed by atoms with Crippen LogP contribution >= 0.6 is 0 Å². The second-order valence-electron chi connectivity index (χ2n) is 6.20. The number of aliphatic hydroxyl groups is 2. The highest BCUT2D eigenvalue weighted by molar-refractivity contribution is 5.79. The van der Waals surface area contributed by atoms with Crippen LogP contribution < -0.4 is 4.90 Å². The number of benzene rings is 1. The van der Waals surface area contributed by atoms with Crippen LogP contribution in [-0.4, -0.2) is 63.4 Å². The predicted molar refractivity (Wildman–Crippen MR) is 89.9 cm³/mol. The van der Waals surface area contributed by atoms with Gasteiger partial charge in [0, 0.05) is 33.1 Å². The van der Waals surface area contributed by atoms with Crippen LogP contribution in [0.25, 0.3) is 0 Å². The summed E-state index contributed by atoms with van der Waals surface area (Å²) in [5, 5.41) is 23.2. The Kier molecular flexibility index (Phi) is 5.30. The normalized spacial score (nSPS) is 18.3. The fourth-order valence-electron chi connectivity index (χ4n) is 2.86. The van der Waals surface area contributed by atoms with E-state index in [2.05, 4.69) is 10.1 Å². The lowest BCUT2D eigenvalue weighted by Crippen LogP contribution is -2.38. The molecule has 1 unspecified atom stereocenters. The molecule has 2 N–H and O–H groups in total.